The average molecular weight is 341 g/mol. The fourth-order valence-electron chi connectivity index (χ4n) is 2.90. The molecule has 26 heavy (non-hydrogen) atoms. The van der Waals surface area contributed by atoms with E-state index in [0.29, 0.717) is 17.1 Å². The van der Waals surface area contributed by atoms with Crippen LogP contribution in [0.25, 0.3) is 21.7 Å². The van der Waals surface area contributed by atoms with Crippen molar-refractivity contribution in [3.05, 3.63) is 66.2 Å². The van der Waals surface area contributed by atoms with Crippen LogP contribution < -0.4 is 10.1 Å². The first-order chi connectivity index (χ1) is 12.8. The molecular formula is C21H15N3O2. The molecule has 5 nitrogen and oxygen atoms in total. The zero-order valence-corrected chi connectivity index (χ0v) is 13.8. The number of carbonyl (C=O) groups is 1. The van der Waals surface area contributed by atoms with Crippen LogP contribution in [0.15, 0.2) is 60.7 Å². The lowest BCUT2D eigenvalue weighted by molar-refractivity contribution is 0.102. The summed E-state index contributed by atoms with van der Waals surface area (Å²) in [6.45, 7) is 0.182. The number of H-pyrrole nitrogens is 1. The van der Waals surface area contributed by atoms with Gasteiger partial charge in [-0.15, -0.1) is 6.42 Å². The largest absolute Gasteiger partial charge is 0.481 e. The summed E-state index contributed by atoms with van der Waals surface area (Å²) >= 11 is 0. The van der Waals surface area contributed by atoms with Crippen LogP contribution in [0.1, 0.15) is 10.4 Å². The molecule has 1 amide bonds. The Hall–Kier alpha value is -3.78. The van der Waals surface area contributed by atoms with Crippen molar-refractivity contribution >= 4 is 33.4 Å². The van der Waals surface area contributed by atoms with Crippen LogP contribution in [0, 0.1) is 12.3 Å². The molecule has 0 saturated carbocycles. The molecule has 0 atom stereocenters. The van der Waals surface area contributed by atoms with Gasteiger partial charge in [-0.25, -0.2) is 0 Å². The number of anilines is 1. The van der Waals surface area contributed by atoms with Gasteiger partial charge in [0.1, 0.15) is 12.4 Å². The van der Waals surface area contributed by atoms with E-state index in [1.165, 1.54) is 0 Å². The number of terminal acetylenes is 1. The van der Waals surface area contributed by atoms with Gasteiger partial charge >= 0.3 is 0 Å². The maximum absolute atomic E-state index is 12.8. The van der Waals surface area contributed by atoms with Crippen molar-refractivity contribution in [3.63, 3.8) is 0 Å². The molecule has 3 aromatic carbocycles. The molecule has 0 radical (unpaired) electrons. The summed E-state index contributed by atoms with van der Waals surface area (Å²) < 4.78 is 5.44. The first kappa shape index (κ1) is 15.7. The lowest BCUT2D eigenvalue weighted by atomic mass is 10.0. The summed E-state index contributed by atoms with van der Waals surface area (Å²) in [6.07, 6.45) is 5.22. The summed E-state index contributed by atoms with van der Waals surface area (Å²) in [5.41, 5.74) is 1.39. The van der Waals surface area contributed by atoms with Crippen molar-refractivity contribution < 1.29 is 9.53 Å². The van der Waals surface area contributed by atoms with Crippen LogP contribution >= 0.6 is 0 Å². The number of aromatic amines is 1. The number of hydrogen-bond acceptors (Lipinski definition) is 3. The number of benzene rings is 3. The van der Waals surface area contributed by atoms with Crippen LogP contribution in [0.3, 0.4) is 0 Å². The first-order valence-electron chi connectivity index (χ1n) is 8.10. The monoisotopic (exact) mass is 341 g/mol. The molecule has 126 valence electrons. The predicted molar refractivity (Wildman–Crippen MR) is 102 cm³/mol. The van der Waals surface area contributed by atoms with Crippen LogP contribution in [0.2, 0.25) is 0 Å². The summed E-state index contributed by atoms with van der Waals surface area (Å²) in [7, 11) is 0. The molecule has 0 aliphatic carbocycles. The van der Waals surface area contributed by atoms with Gasteiger partial charge in [0.25, 0.3) is 5.91 Å². The van der Waals surface area contributed by atoms with Gasteiger partial charge in [0.05, 0.1) is 5.52 Å². The number of nitrogens with one attached hydrogen (secondary N) is 2. The standard InChI is InChI=1S/C21H15N3O2/c1-2-12-26-15-10-11-19-18(13-15)20(24-23-19)22-21(25)17-9-5-7-14-6-3-4-8-16(14)17/h1,3-11,13H,12H2,(H2,22,23,24,25). The average Bonchev–Trinajstić information content (AvgIpc) is 3.08. The van der Waals surface area contributed by atoms with Crippen molar-refractivity contribution in [1.82, 2.24) is 10.2 Å². The minimum absolute atomic E-state index is 0.182. The van der Waals surface area contributed by atoms with E-state index in [2.05, 4.69) is 21.4 Å². The highest BCUT2D eigenvalue weighted by atomic mass is 16.5. The van der Waals surface area contributed by atoms with Crippen molar-refractivity contribution in [1.29, 1.82) is 0 Å². The third-order valence-electron chi connectivity index (χ3n) is 4.12. The zero-order valence-electron chi connectivity index (χ0n) is 13.8. The van der Waals surface area contributed by atoms with Crippen LogP contribution in [0.4, 0.5) is 5.82 Å². The second-order valence-electron chi connectivity index (χ2n) is 5.75. The molecule has 0 fully saturated rings. The maximum Gasteiger partial charge on any atom is 0.257 e. The van der Waals surface area contributed by atoms with Gasteiger partial charge < -0.3 is 10.1 Å². The summed E-state index contributed by atoms with van der Waals surface area (Å²) in [5, 5.41) is 12.7. The molecule has 0 aliphatic rings. The summed E-state index contributed by atoms with van der Waals surface area (Å²) in [4.78, 5) is 12.8. The fraction of sp³-hybridized carbons (Fsp3) is 0.0476. The van der Waals surface area contributed by atoms with Crippen molar-refractivity contribution in [2.75, 3.05) is 11.9 Å². The van der Waals surface area contributed by atoms with Crippen molar-refractivity contribution in [2.45, 2.75) is 0 Å². The van der Waals surface area contributed by atoms with Gasteiger partial charge in [-0.3, -0.25) is 9.89 Å². The van der Waals surface area contributed by atoms with Gasteiger partial charge in [-0.2, -0.15) is 5.10 Å². The molecule has 0 bridgehead atoms. The Bertz CT molecular complexity index is 1150. The van der Waals surface area contributed by atoms with E-state index in [0.717, 1.165) is 21.7 Å². The Kier molecular flexibility index (Phi) is 4.00. The fourth-order valence-corrected chi connectivity index (χ4v) is 2.90. The molecule has 4 aromatic rings. The summed E-state index contributed by atoms with van der Waals surface area (Å²) in [6, 6.07) is 18.8. The quantitative estimate of drug-likeness (QED) is 0.552. The van der Waals surface area contributed by atoms with Gasteiger partial charge in [-0.05, 0) is 35.0 Å². The highest BCUT2D eigenvalue weighted by Crippen LogP contribution is 2.26. The van der Waals surface area contributed by atoms with Crippen LogP contribution in [0.5, 0.6) is 5.75 Å². The zero-order chi connectivity index (χ0) is 17.9. The lowest BCUT2D eigenvalue weighted by Gasteiger charge is -2.07. The van der Waals surface area contributed by atoms with Gasteiger partial charge in [0.15, 0.2) is 5.82 Å². The van der Waals surface area contributed by atoms with Crippen molar-refractivity contribution in [2.24, 2.45) is 0 Å². The first-order valence-corrected chi connectivity index (χ1v) is 8.10. The van der Waals surface area contributed by atoms with E-state index in [4.69, 9.17) is 11.2 Å². The maximum atomic E-state index is 12.8. The van der Waals surface area contributed by atoms with E-state index in [-0.39, 0.29) is 12.5 Å². The minimum atomic E-state index is -0.217. The second kappa shape index (κ2) is 6.61. The molecule has 4 rings (SSSR count). The van der Waals surface area contributed by atoms with Crippen LogP contribution in [-0.2, 0) is 0 Å². The molecule has 0 spiro atoms. The summed E-state index contributed by atoms with van der Waals surface area (Å²) in [5.74, 6) is 3.28. The second-order valence-corrected chi connectivity index (χ2v) is 5.75. The number of amides is 1. The number of fused-ring (bicyclic) bond motifs is 2. The molecule has 0 saturated heterocycles. The van der Waals surface area contributed by atoms with E-state index in [1.807, 2.05) is 42.5 Å². The smallest absolute Gasteiger partial charge is 0.257 e. The van der Waals surface area contributed by atoms with Gasteiger partial charge in [-0.1, -0.05) is 42.3 Å². The van der Waals surface area contributed by atoms with E-state index in [1.54, 1.807) is 18.2 Å². The third kappa shape index (κ3) is 2.85. The number of aromatic nitrogens is 2. The number of hydrogen-bond donors (Lipinski definition) is 2. The Labute approximate surface area is 150 Å². The topological polar surface area (TPSA) is 67.0 Å². The molecule has 1 heterocycles. The number of carbonyl (C=O) groups excluding carboxylic acids is 1. The Morgan fingerprint density at radius 3 is 2.85 bits per heavy atom. The minimum Gasteiger partial charge on any atom is -0.481 e. The van der Waals surface area contributed by atoms with E-state index in [9.17, 15) is 4.79 Å². The van der Waals surface area contributed by atoms with Gasteiger partial charge in [0.2, 0.25) is 0 Å². The lowest BCUT2D eigenvalue weighted by Crippen LogP contribution is -2.12. The third-order valence-corrected chi connectivity index (χ3v) is 4.12. The van der Waals surface area contributed by atoms with E-state index < -0.39 is 0 Å². The normalized spacial score (nSPS) is 10.6. The highest BCUT2D eigenvalue weighted by molar-refractivity contribution is 6.14. The van der Waals surface area contributed by atoms with E-state index >= 15 is 0 Å². The number of nitrogens with zero attached hydrogens (tertiary/aromatic N) is 1. The molecule has 0 aliphatic heterocycles. The molecule has 1 aromatic heterocycles. The van der Waals surface area contributed by atoms with Crippen molar-refractivity contribution in [3.8, 4) is 18.1 Å². The molecular weight excluding hydrogens is 326 g/mol. The Morgan fingerprint density at radius 2 is 1.96 bits per heavy atom. The van der Waals surface area contributed by atoms with Crippen LogP contribution in [-0.4, -0.2) is 22.7 Å². The molecule has 2 N–H and O–H groups in total. The SMILES string of the molecule is C#CCOc1ccc2[nH]nc(NC(=O)c3cccc4ccccc34)c2c1. The Morgan fingerprint density at radius 1 is 1.12 bits per heavy atom. The predicted octanol–water partition coefficient (Wildman–Crippen LogP) is 3.98. The highest BCUT2D eigenvalue weighted by Gasteiger charge is 2.14. The number of rotatable bonds is 4. The van der Waals surface area contributed by atoms with Gasteiger partial charge in [0, 0.05) is 10.9 Å². The molecule has 5 heteroatoms. The number of ether oxygens (including phenoxy) is 1. The Balaban J connectivity index is 1.68. The molecule has 0 unspecified atom stereocenters.